The van der Waals surface area contributed by atoms with Gasteiger partial charge in [0.05, 0.1) is 15.9 Å². The zero-order valence-corrected chi connectivity index (χ0v) is 17.8. The summed E-state index contributed by atoms with van der Waals surface area (Å²) in [6.45, 7) is 0. The fraction of sp³-hybridized carbons (Fsp3) is 0.0870. The van der Waals surface area contributed by atoms with E-state index >= 15 is 0 Å². The molecule has 0 fully saturated rings. The number of aryl methyl sites for hydroxylation is 1. The van der Waals surface area contributed by atoms with Gasteiger partial charge in [-0.1, -0.05) is 12.1 Å². The van der Waals surface area contributed by atoms with Gasteiger partial charge < -0.3 is 9.88 Å². The maximum atomic E-state index is 11.9. The Hall–Kier alpha value is -3.78. The molecule has 5 rings (SSSR count). The van der Waals surface area contributed by atoms with Crippen molar-refractivity contribution in [1.82, 2.24) is 19.5 Å². The summed E-state index contributed by atoms with van der Waals surface area (Å²) in [6.07, 6.45) is 8.01. The number of fused-ring (bicyclic) bond motifs is 2. The first-order valence-electron chi connectivity index (χ1n) is 9.62. The van der Waals surface area contributed by atoms with E-state index in [9.17, 15) is 8.42 Å². The smallest absolute Gasteiger partial charge is 0.175 e. The summed E-state index contributed by atoms with van der Waals surface area (Å²) in [5.74, 6) is 0.440. The lowest BCUT2D eigenvalue weighted by Crippen LogP contribution is -2.00. The van der Waals surface area contributed by atoms with Crippen molar-refractivity contribution in [2.45, 2.75) is 4.90 Å². The standard InChI is InChI=1S/C23H19N5O2S/c1-28-10-6-15-3-4-16(11-21(15)28)19-12-17(13-20-23(19)26-9-8-24-20)27-22-14-18(5-7-25-22)31(2,29)30/h3-14H,1-2H3,(H,25,27). The fourth-order valence-corrected chi connectivity index (χ4v) is 4.29. The third-order valence-electron chi connectivity index (χ3n) is 5.20. The Morgan fingerprint density at radius 1 is 0.903 bits per heavy atom. The van der Waals surface area contributed by atoms with E-state index in [4.69, 9.17) is 0 Å². The second-order valence-corrected chi connectivity index (χ2v) is 9.44. The Labute approximate surface area is 179 Å². The summed E-state index contributed by atoms with van der Waals surface area (Å²) in [6, 6.07) is 15.2. The van der Waals surface area contributed by atoms with E-state index in [2.05, 4.69) is 49.1 Å². The number of hydrogen-bond donors (Lipinski definition) is 1. The van der Waals surface area contributed by atoms with Gasteiger partial charge >= 0.3 is 0 Å². The van der Waals surface area contributed by atoms with Crippen LogP contribution in [-0.2, 0) is 16.9 Å². The molecule has 0 spiro atoms. The van der Waals surface area contributed by atoms with Gasteiger partial charge in [-0.3, -0.25) is 9.97 Å². The summed E-state index contributed by atoms with van der Waals surface area (Å²) < 4.78 is 25.9. The van der Waals surface area contributed by atoms with Crippen molar-refractivity contribution in [2.75, 3.05) is 11.6 Å². The van der Waals surface area contributed by atoms with Gasteiger partial charge in [0.1, 0.15) is 5.82 Å². The Balaban J connectivity index is 1.65. The fourth-order valence-electron chi connectivity index (χ4n) is 3.66. The number of sulfone groups is 1. The molecule has 0 saturated carbocycles. The first-order chi connectivity index (χ1) is 14.9. The second-order valence-electron chi connectivity index (χ2n) is 7.42. The van der Waals surface area contributed by atoms with E-state index in [1.54, 1.807) is 12.4 Å². The number of nitrogens with zero attached hydrogens (tertiary/aromatic N) is 4. The van der Waals surface area contributed by atoms with Crippen LogP contribution in [0, 0.1) is 0 Å². The van der Waals surface area contributed by atoms with Gasteiger partial charge in [0.25, 0.3) is 0 Å². The number of rotatable bonds is 4. The van der Waals surface area contributed by atoms with Crippen LogP contribution < -0.4 is 5.32 Å². The van der Waals surface area contributed by atoms with Crippen LogP contribution in [0.4, 0.5) is 11.5 Å². The summed E-state index contributed by atoms with van der Waals surface area (Å²) in [7, 11) is -1.31. The minimum Gasteiger partial charge on any atom is -0.351 e. The molecular weight excluding hydrogens is 410 g/mol. The molecule has 0 bridgehead atoms. The van der Waals surface area contributed by atoms with Gasteiger partial charge in [-0.05, 0) is 47.3 Å². The minimum absolute atomic E-state index is 0.208. The minimum atomic E-state index is -3.33. The first kappa shape index (κ1) is 19.2. The van der Waals surface area contributed by atoms with Gasteiger partial charge in [-0.15, -0.1) is 0 Å². The highest BCUT2D eigenvalue weighted by atomic mass is 32.2. The molecule has 5 aromatic rings. The quantitative estimate of drug-likeness (QED) is 0.457. The van der Waals surface area contributed by atoms with Crippen molar-refractivity contribution < 1.29 is 8.42 Å². The maximum absolute atomic E-state index is 11.9. The van der Waals surface area contributed by atoms with Crippen molar-refractivity contribution >= 4 is 43.3 Å². The number of nitrogens with one attached hydrogen (secondary N) is 1. The highest BCUT2D eigenvalue weighted by molar-refractivity contribution is 7.90. The molecule has 0 aliphatic rings. The molecule has 0 aliphatic heterocycles. The topological polar surface area (TPSA) is 89.8 Å². The second kappa shape index (κ2) is 7.17. The zero-order chi connectivity index (χ0) is 21.6. The first-order valence-corrected chi connectivity index (χ1v) is 11.5. The molecule has 3 heterocycles. The lowest BCUT2D eigenvalue weighted by molar-refractivity contribution is 0.602. The molecule has 3 aromatic heterocycles. The summed E-state index contributed by atoms with van der Waals surface area (Å²) in [5, 5.41) is 4.38. The average molecular weight is 430 g/mol. The molecule has 0 radical (unpaired) electrons. The molecule has 154 valence electrons. The molecule has 0 amide bonds. The van der Waals surface area contributed by atoms with Crippen LogP contribution in [-0.4, -0.2) is 34.2 Å². The molecule has 7 nitrogen and oxygen atoms in total. The zero-order valence-electron chi connectivity index (χ0n) is 16.9. The Bertz CT molecular complexity index is 1560. The van der Waals surface area contributed by atoms with Crippen LogP contribution in [0.3, 0.4) is 0 Å². The SMILES string of the molecule is Cn1ccc2ccc(-c3cc(Nc4cc(S(C)(=O)=O)ccn4)cc4nccnc34)cc21. The maximum Gasteiger partial charge on any atom is 0.175 e. The van der Waals surface area contributed by atoms with Gasteiger partial charge in [-0.2, -0.15) is 0 Å². The molecular formula is C23H19N5O2S. The third kappa shape index (κ3) is 3.62. The van der Waals surface area contributed by atoms with E-state index in [0.717, 1.165) is 38.8 Å². The van der Waals surface area contributed by atoms with Crippen LogP contribution in [0.1, 0.15) is 0 Å². The van der Waals surface area contributed by atoms with E-state index in [0.29, 0.717) is 5.82 Å². The summed E-state index contributed by atoms with van der Waals surface area (Å²) in [5.41, 5.74) is 5.33. The van der Waals surface area contributed by atoms with E-state index < -0.39 is 9.84 Å². The Kier molecular flexibility index (Phi) is 4.44. The number of pyridine rings is 1. The molecule has 8 heteroatoms. The number of hydrogen-bond acceptors (Lipinski definition) is 6. The monoisotopic (exact) mass is 429 g/mol. The largest absolute Gasteiger partial charge is 0.351 e. The number of aromatic nitrogens is 4. The molecule has 2 aromatic carbocycles. The van der Waals surface area contributed by atoms with Crippen LogP contribution >= 0.6 is 0 Å². The predicted octanol–water partition coefficient (Wildman–Crippen LogP) is 4.33. The third-order valence-corrected chi connectivity index (χ3v) is 6.32. The average Bonchev–Trinajstić information content (AvgIpc) is 3.13. The van der Waals surface area contributed by atoms with Crippen molar-refractivity contribution in [1.29, 1.82) is 0 Å². The van der Waals surface area contributed by atoms with Crippen LogP contribution in [0.5, 0.6) is 0 Å². The molecule has 0 unspecified atom stereocenters. The molecule has 1 N–H and O–H groups in total. The van der Waals surface area contributed by atoms with E-state index in [1.165, 1.54) is 24.6 Å². The van der Waals surface area contributed by atoms with E-state index in [-0.39, 0.29) is 4.90 Å². The van der Waals surface area contributed by atoms with Crippen molar-refractivity contribution in [3.63, 3.8) is 0 Å². The summed E-state index contributed by atoms with van der Waals surface area (Å²) in [4.78, 5) is 13.5. The highest BCUT2D eigenvalue weighted by Crippen LogP contribution is 2.33. The van der Waals surface area contributed by atoms with Crippen LogP contribution in [0.25, 0.3) is 33.1 Å². The van der Waals surface area contributed by atoms with Crippen molar-refractivity contribution in [3.8, 4) is 11.1 Å². The Morgan fingerprint density at radius 3 is 2.58 bits per heavy atom. The van der Waals surface area contributed by atoms with Crippen molar-refractivity contribution in [3.05, 3.63) is 73.3 Å². The van der Waals surface area contributed by atoms with Crippen molar-refractivity contribution in [2.24, 2.45) is 7.05 Å². The predicted molar refractivity (Wildman–Crippen MR) is 122 cm³/mol. The van der Waals surface area contributed by atoms with Crippen LogP contribution in [0.2, 0.25) is 0 Å². The number of benzene rings is 2. The normalized spacial score (nSPS) is 11.8. The van der Waals surface area contributed by atoms with Gasteiger partial charge in [0, 0.05) is 54.9 Å². The van der Waals surface area contributed by atoms with Crippen LogP contribution in [0.15, 0.2) is 78.2 Å². The molecule has 0 atom stereocenters. The summed E-state index contributed by atoms with van der Waals surface area (Å²) >= 11 is 0. The lowest BCUT2D eigenvalue weighted by Gasteiger charge is -2.12. The Morgan fingerprint density at radius 2 is 1.74 bits per heavy atom. The lowest BCUT2D eigenvalue weighted by atomic mass is 10.0. The molecule has 0 aliphatic carbocycles. The molecule has 31 heavy (non-hydrogen) atoms. The molecule has 0 saturated heterocycles. The van der Waals surface area contributed by atoms with E-state index in [1.807, 2.05) is 25.4 Å². The van der Waals surface area contributed by atoms with Gasteiger partial charge in [0.15, 0.2) is 9.84 Å². The highest BCUT2D eigenvalue weighted by Gasteiger charge is 2.12. The van der Waals surface area contributed by atoms with Gasteiger partial charge in [0.2, 0.25) is 0 Å². The number of anilines is 2. The van der Waals surface area contributed by atoms with Gasteiger partial charge in [-0.25, -0.2) is 13.4 Å².